The highest BCUT2D eigenvalue weighted by Crippen LogP contribution is 2.26. The van der Waals surface area contributed by atoms with E-state index in [4.69, 9.17) is 10.3 Å². The molecule has 0 aromatic carbocycles. The number of nitrogens with zero attached hydrogens (tertiary/aromatic N) is 10. The highest BCUT2D eigenvalue weighted by Gasteiger charge is 2.46. The number of rotatable bonds is 20. The van der Waals surface area contributed by atoms with Crippen molar-refractivity contribution < 1.29 is 62.6 Å². The fourth-order valence-corrected chi connectivity index (χ4v) is 11.2. The number of likely N-dealkylation sites (N-methyl/N-ethyl adjacent to an activating group) is 7. The predicted molar refractivity (Wildman–Crippen MR) is 348 cm³/mol. The van der Waals surface area contributed by atoms with Gasteiger partial charge in [-0.15, -0.1) is 0 Å². The number of aliphatic hydroxyl groups excluding tert-OH is 1. The standard InChI is InChI=1S/C64H114N14O13/c1-24-26-29-41(13)54(80)53-58(84)69-45(25-2)60(86)72(17)35-49(79)76(21)52(44(16)91-31-28-27-30-66-71-65)57(83)70-50(39(9)10)63(89)73(18)46(32-36(3)4)56(82)67-42(14)55(81)68-43(15)59(85)74(19)47(33-37(5)6)61(87)75(20)48(34-38(7)8)62(88)77(22)51(40(11)12)64(90)78(53)23/h24,26,36-48,50-54,80H,25,27-35H2,1-23H3,(H,67,82)(H,68,81)(H,69,84)(H,70,83)/b26-24+/t41-,42+,43-,44-,45+,46+,47+,48-,50+,51+,52+,53+,54-/m1/s1. The van der Waals surface area contributed by atoms with Crippen molar-refractivity contribution in [3.05, 3.63) is 22.6 Å². The third kappa shape index (κ3) is 24.0. The van der Waals surface area contributed by atoms with Gasteiger partial charge < -0.3 is 65.4 Å². The predicted octanol–water partition coefficient (Wildman–Crippen LogP) is 3.72. The minimum absolute atomic E-state index is 0.0216. The molecule has 5 N–H and O–H groups in total. The summed E-state index contributed by atoms with van der Waals surface area (Å²) in [7, 11) is 9.71. The van der Waals surface area contributed by atoms with Crippen LogP contribution < -0.4 is 21.3 Å². The number of carbonyl (C=O) groups excluding carboxylic acids is 11. The number of allylic oxidation sites excluding steroid dienone is 2. The monoisotopic (exact) mass is 1290 g/mol. The molecule has 0 aromatic heterocycles. The first-order valence-electron chi connectivity index (χ1n) is 32.2. The van der Waals surface area contributed by atoms with E-state index < -0.39 is 162 Å². The van der Waals surface area contributed by atoms with Crippen molar-refractivity contribution in [1.82, 2.24) is 55.6 Å². The molecule has 1 aliphatic heterocycles. The van der Waals surface area contributed by atoms with Gasteiger partial charge in [-0.25, -0.2) is 0 Å². The molecule has 0 radical (unpaired) electrons. The minimum atomic E-state index is -1.65. The van der Waals surface area contributed by atoms with Crippen molar-refractivity contribution in [2.45, 2.75) is 228 Å². The van der Waals surface area contributed by atoms with Crippen molar-refractivity contribution in [3.8, 4) is 0 Å². The maximum absolute atomic E-state index is 15.2. The smallest absolute Gasteiger partial charge is 0.246 e. The molecule has 1 heterocycles. The second kappa shape index (κ2) is 38.9. The SMILES string of the molecule is C/C=C/C[C@@H](C)[C@@H](O)[C@H]1C(=O)N[C@@H](CC)C(=O)N(C)CC(=O)N(C)[C@@H]([C@@H](C)OCCCCN=[N+]=[N-])C(=O)N[C@@H](C(C)C)C(=O)N(C)[C@@H](CC(C)C)C(=O)N[C@@H](C)C(=O)N[C@H](C)C(=O)N(C)[C@@H](CC(C)C)C(=O)N(C)[C@H](CC(C)C)C(=O)N(C)[C@@H](C(C)C)C(=O)N1C. The van der Waals surface area contributed by atoms with E-state index >= 15 is 9.59 Å². The molecule has 518 valence electrons. The van der Waals surface area contributed by atoms with Gasteiger partial charge in [0.1, 0.15) is 60.4 Å². The van der Waals surface area contributed by atoms with Crippen LogP contribution in [0.4, 0.5) is 0 Å². The number of amides is 11. The molecule has 91 heavy (non-hydrogen) atoms. The van der Waals surface area contributed by atoms with Crippen LogP contribution >= 0.6 is 0 Å². The van der Waals surface area contributed by atoms with Gasteiger partial charge in [-0.1, -0.05) is 100 Å². The average molecular weight is 1290 g/mol. The third-order valence-corrected chi connectivity index (χ3v) is 16.8. The van der Waals surface area contributed by atoms with E-state index in [-0.39, 0.29) is 63.0 Å². The Morgan fingerprint density at radius 3 is 1.54 bits per heavy atom. The van der Waals surface area contributed by atoms with Crippen LogP contribution in [0.25, 0.3) is 10.4 Å². The normalized spacial score (nSPS) is 26.1. The summed E-state index contributed by atoms with van der Waals surface area (Å²) >= 11 is 0. The van der Waals surface area contributed by atoms with Gasteiger partial charge in [-0.2, -0.15) is 0 Å². The molecule has 27 nitrogen and oxygen atoms in total. The minimum Gasteiger partial charge on any atom is -0.390 e. The lowest BCUT2D eigenvalue weighted by Gasteiger charge is -2.41. The van der Waals surface area contributed by atoms with Crippen molar-refractivity contribution in [2.75, 3.05) is 69.0 Å². The van der Waals surface area contributed by atoms with E-state index in [2.05, 4.69) is 31.3 Å². The zero-order chi connectivity index (χ0) is 70.2. The molecule has 11 amide bonds. The molecule has 0 aromatic rings. The molecule has 0 unspecified atom stereocenters. The summed E-state index contributed by atoms with van der Waals surface area (Å²) in [5, 5.41) is 26.6. The van der Waals surface area contributed by atoms with Crippen LogP contribution in [0.2, 0.25) is 0 Å². The maximum Gasteiger partial charge on any atom is 0.246 e. The van der Waals surface area contributed by atoms with Gasteiger partial charge in [0, 0.05) is 67.4 Å². The first-order valence-corrected chi connectivity index (χ1v) is 32.2. The average Bonchev–Trinajstić information content (AvgIpc) is 0.949. The summed E-state index contributed by atoms with van der Waals surface area (Å²) in [5.74, 6) is -10.4. The number of carbonyl (C=O) groups is 11. The second-order valence-corrected chi connectivity index (χ2v) is 26.6. The Hall–Kier alpha value is -6.86. The van der Waals surface area contributed by atoms with E-state index in [1.807, 2.05) is 41.5 Å². The van der Waals surface area contributed by atoms with Crippen LogP contribution in [0.5, 0.6) is 0 Å². The van der Waals surface area contributed by atoms with Crippen molar-refractivity contribution in [3.63, 3.8) is 0 Å². The zero-order valence-corrected chi connectivity index (χ0v) is 58.9. The van der Waals surface area contributed by atoms with Gasteiger partial charge in [0.15, 0.2) is 0 Å². The third-order valence-electron chi connectivity index (χ3n) is 16.8. The molecule has 1 aliphatic rings. The lowest BCUT2D eigenvalue weighted by Crippen LogP contribution is -2.63. The first kappa shape index (κ1) is 82.2. The number of nitrogens with one attached hydrogen (secondary N) is 4. The Balaban J connectivity index is 4.39. The van der Waals surface area contributed by atoms with Gasteiger partial charge in [0.25, 0.3) is 0 Å². The van der Waals surface area contributed by atoms with Gasteiger partial charge in [0.2, 0.25) is 65.0 Å². The Morgan fingerprint density at radius 1 is 0.560 bits per heavy atom. The summed E-state index contributed by atoms with van der Waals surface area (Å²) in [6.07, 6.45) is 2.49. The fourth-order valence-electron chi connectivity index (χ4n) is 11.2. The summed E-state index contributed by atoms with van der Waals surface area (Å²) in [6.45, 7) is 27.1. The number of unbranched alkanes of at least 4 members (excludes halogenated alkanes) is 1. The maximum atomic E-state index is 15.2. The van der Waals surface area contributed by atoms with Gasteiger partial charge in [-0.05, 0) is 114 Å². The molecule has 1 fully saturated rings. The zero-order valence-electron chi connectivity index (χ0n) is 58.9. The van der Waals surface area contributed by atoms with Gasteiger partial charge >= 0.3 is 0 Å². The van der Waals surface area contributed by atoms with Crippen LogP contribution in [0.15, 0.2) is 17.3 Å². The lowest BCUT2D eigenvalue weighted by atomic mass is 9.91. The first-order chi connectivity index (χ1) is 42.3. The summed E-state index contributed by atoms with van der Waals surface area (Å²) < 4.78 is 6.12. The highest BCUT2D eigenvalue weighted by atomic mass is 16.5. The molecule has 27 heteroatoms. The van der Waals surface area contributed by atoms with Gasteiger partial charge in [0.05, 0.1) is 18.8 Å². The van der Waals surface area contributed by atoms with Crippen LogP contribution in [-0.4, -0.2) is 246 Å². The number of hydrogen-bond donors (Lipinski definition) is 5. The van der Waals surface area contributed by atoms with Crippen LogP contribution in [-0.2, 0) is 57.5 Å². The van der Waals surface area contributed by atoms with Crippen LogP contribution in [0.1, 0.15) is 156 Å². The molecule has 0 saturated carbocycles. The van der Waals surface area contributed by atoms with E-state index in [0.717, 1.165) is 14.7 Å². The van der Waals surface area contributed by atoms with Crippen LogP contribution in [0.3, 0.4) is 0 Å². The molecule has 0 bridgehead atoms. The number of azide groups is 1. The Morgan fingerprint density at radius 2 is 1.04 bits per heavy atom. The highest BCUT2D eigenvalue weighted by molar-refractivity contribution is 5.99. The molecule has 13 atom stereocenters. The van der Waals surface area contributed by atoms with Crippen molar-refractivity contribution in [1.29, 1.82) is 0 Å². The van der Waals surface area contributed by atoms with E-state index in [0.29, 0.717) is 12.8 Å². The Labute approximate surface area is 541 Å². The van der Waals surface area contributed by atoms with E-state index in [1.54, 1.807) is 67.5 Å². The van der Waals surface area contributed by atoms with E-state index in [9.17, 15) is 48.3 Å². The fraction of sp³-hybridized carbons (Fsp3) is 0.797. The molecule has 0 aliphatic carbocycles. The quantitative estimate of drug-likeness (QED) is 0.0382. The topological polar surface area (TPSA) is 337 Å². The largest absolute Gasteiger partial charge is 0.390 e. The Kier molecular flexibility index (Phi) is 35.1. The number of ether oxygens (including phenoxy) is 1. The van der Waals surface area contributed by atoms with Gasteiger partial charge in [-0.3, -0.25) is 52.7 Å². The summed E-state index contributed by atoms with van der Waals surface area (Å²) in [6, 6.07) is -13.0. The van der Waals surface area contributed by atoms with Crippen molar-refractivity contribution >= 4 is 65.0 Å². The summed E-state index contributed by atoms with van der Waals surface area (Å²) in [4.78, 5) is 172. The lowest BCUT2D eigenvalue weighted by molar-refractivity contribution is -0.157. The summed E-state index contributed by atoms with van der Waals surface area (Å²) in [5.41, 5.74) is 8.77. The molecule has 1 saturated heterocycles. The van der Waals surface area contributed by atoms with Crippen molar-refractivity contribution in [2.24, 2.45) is 40.6 Å². The molecular formula is C64H114N14O13. The second-order valence-electron chi connectivity index (χ2n) is 26.6. The molecule has 1 rings (SSSR count). The number of hydrogen-bond acceptors (Lipinski definition) is 14. The van der Waals surface area contributed by atoms with Crippen LogP contribution in [0, 0.1) is 35.5 Å². The molecular weight excluding hydrogens is 1170 g/mol. The number of aliphatic hydroxyl groups is 1. The van der Waals surface area contributed by atoms with E-state index in [1.165, 1.54) is 82.8 Å². The molecule has 0 spiro atoms. The Bertz CT molecular complexity index is 2540.